The number of amides is 1. The molecule has 0 aromatic carbocycles. The molecular weight excluding hydrogens is 256 g/mol. The van der Waals surface area contributed by atoms with Crippen molar-refractivity contribution in [1.82, 2.24) is 9.80 Å². The zero-order valence-electron chi connectivity index (χ0n) is 13.2. The lowest BCUT2D eigenvalue weighted by Gasteiger charge is -2.35. The molecule has 116 valence electrons. The van der Waals surface area contributed by atoms with E-state index >= 15 is 0 Å². The van der Waals surface area contributed by atoms with E-state index in [1.54, 1.807) is 14.1 Å². The number of ether oxygens (including phenoxy) is 2. The molecule has 0 bridgehead atoms. The summed E-state index contributed by atoms with van der Waals surface area (Å²) in [7, 11) is 3.43. The second-order valence-electron chi connectivity index (χ2n) is 6.54. The Morgan fingerprint density at radius 2 is 2.15 bits per heavy atom. The van der Waals surface area contributed by atoms with Crippen molar-refractivity contribution in [2.45, 2.75) is 57.2 Å². The van der Waals surface area contributed by atoms with Crippen LogP contribution in [0.5, 0.6) is 0 Å². The molecule has 0 saturated carbocycles. The van der Waals surface area contributed by atoms with E-state index in [2.05, 4.69) is 18.7 Å². The molecule has 5 heteroatoms. The summed E-state index contributed by atoms with van der Waals surface area (Å²) in [6, 6.07) is 0.358. The lowest BCUT2D eigenvalue weighted by Crippen LogP contribution is -2.47. The molecule has 0 radical (unpaired) electrons. The van der Waals surface area contributed by atoms with Crippen LogP contribution in [0.25, 0.3) is 0 Å². The van der Waals surface area contributed by atoms with Crippen molar-refractivity contribution in [1.29, 1.82) is 0 Å². The van der Waals surface area contributed by atoms with Gasteiger partial charge in [-0.05, 0) is 46.1 Å². The van der Waals surface area contributed by atoms with Gasteiger partial charge in [0.1, 0.15) is 6.61 Å². The molecule has 2 saturated heterocycles. The van der Waals surface area contributed by atoms with Crippen LogP contribution < -0.4 is 0 Å². The normalized spacial score (nSPS) is 29.8. The molecule has 2 atom stereocenters. The molecule has 1 amide bonds. The summed E-state index contributed by atoms with van der Waals surface area (Å²) >= 11 is 0. The summed E-state index contributed by atoms with van der Waals surface area (Å²) in [6.45, 7) is 6.58. The van der Waals surface area contributed by atoms with Crippen molar-refractivity contribution < 1.29 is 14.3 Å². The smallest absolute Gasteiger partial charge is 0.409 e. The number of carbonyl (C=O) groups excluding carboxylic acids is 1. The van der Waals surface area contributed by atoms with Crippen LogP contribution in [-0.4, -0.2) is 67.4 Å². The molecule has 0 aliphatic carbocycles. The van der Waals surface area contributed by atoms with E-state index < -0.39 is 0 Å². The number of rotatable bonds is 5. The molecule has 0 spiro atoms. The van der Waals surface area contributed by atoms with Crippen LogP contribution in [0.3, 0.4) is 0 Å². The number of nitrogens with zero attached hydrogens (tertiary/aromatic N) is 2. The van der Waals surface area contributed by atoms with Gasteiger partial charge in [0.05, 0.1) is 12.7 Å². The Morgan fingerprint density at radius 3 is 2.80 bits per heavy atom. The van der Waals surface area contributed by atoms with E-state index in [4.69, 9.17) is 9.47 Å². The number of fused-ring (bicyclic) bond motifs is 1. The van der Waals surface area contributed by atoms with E-state index in [1.165, 1.54) is 17.7 Å². The monoisotopic (exact) mass is 284 g/mol. The Balaban J connectivity index is 1.90. The first-order chi connectivity index (χ1) is 9.44. The van der Waals surface area contributed by atoms with Crippen molar-refractivity contribution >= 4 is 6.09 Å². The average Bonchev–Trinajstić information content (AvgIpc) is 2.92. The van der Waals surface area contributed by atoms with Gasteiger partial charge in [-0.3, -0.25) is 4.90 Å². The lowest BCUT2D eigenvalue weighted by atomic mass is 9.95. The van der Waals surface area contributed by atoms with Gasteiger partial charge in [0.15, 0.2) is 0 Å². The number of carbonyl (C=O) groups is 1. The fourth-order valence-corrected chi connectivity index (χ4v) is 3.41. The van der Waals surface area contributed by atoms with E-state index in [9.17, 15) is 4.79 Å². The maximum absolute atomic E-state index is 11.5. The first kappa shape index (κ1) is 15.6. The zero-order chi connectivity index (χ0) is 14.8. The lowest BCUT2D eigenvalue weighted by molar-refractivity contribution is -0.0121. The molecule has 2 heterocycles. The molecule has 20 heavy (non-hydrogen) atoms. The summed E-state index contributed by atoms with van der Waals surface area (Å²) in [5.74, 6) is 0. The Hall–Kier alpha value is -0.810. The summed E-state index contributed by atoms with van der Waals surface area (Å²) in [5, 5.41) is 0. The Kier molecular flexibility index (Phi) is 4.91. The molecule has 2 aliphatic heterocycles. The van der Waals surface area contributed by atoms with Crippen LogP contribution in [0, 0.1) is 0 Å². The minimum absolute atomic E-state index is 0.194. The highest BCUT2D eigenvalue weighted by Gasteiger charge is 2.49. The molecule has 2 fully saturated rings. The summed E-state index contributed by atoms with van der Waals surface area (Å²) < 4.78 is 11.3. The minimum Gasteiger partial charge on any atom is -0.448 e. The third kappa shape index (κ3) is 3.26. The summed E-state index contributed by atoms with van der Waals surface area (Å²) in [5.41, 5.74) is 0.194. The maximum Gasteiger partial charge on any atom is 0.409 e. The van der Waals surface area contributed by atoms with E-state index in [-0.39, 0.29) is 17.7 Å². The molecule has 2 rings (SSSR count). The Morgan fingerprint density at radius 1 is 1.40 bits per heavy atom. The van der Waals surface area contributed by atoms with Crippen molar-refractivity contribution in [3.8, 4) is 0 Å². The first-order valence-corrected chi connectivity index (χ1v) is 7.67. The standard InChI is InChI=1S/C15H28N2O3/c1-12(2)20-11-15-7-5-9-17(15)13(6-8-15)10-19-14(18)16(3)4/h12-13H,5-11H2,1-4H3/t13-,15+/m0/s1. The van der Waals surface area contributed by atoms with E-state index in [0.717, 1.165) is 26.0 Å². The van der Waals surface area contributed by atoms with E-state index in [0.29, 0.717) is 12.6 Å². The first-order valence-electron chi connectivity index (χ1n) is 7.67. The van der Waals surface area contributed by atoms with Crippen LogP contribution in [0.1, 0.15) is 39.5 Å². The fraction of sp³-hybridized carbons (Fsp3) is 0.933. The molecule has 0 unspecified atom stereocenters. The number of hydrogen-bond acceptors (Lipinski definition) is 4. The Labute approximate surface area is 122 Å². The van der Waals surface area contributed by atoms with Crippen molar-refractivity contribution in [2.24, 2.45) is 0 Å². The van der Waals surface area contributed by atoms with Crippen molar-refractivity contribution in [3.05, 3.63) is 0 Å². The van der Waals surface area contributed by atoms with E-state index in [1.807, 2.05) is 0 Å². The predicted molar refractivity (Wildman–Crippen MR) is 77.8 cm³/mol. The van der Waals surface area contributed by atoms with Crippen molar-refractivity contribution in [3.63, 3.8) is 0 Å². The van der Waals surface area contributed by atoms with Gasteiger partial charge in [-0.1, -0.05) is 0 Å². The third-order valence-corrected chi connectivity index (χ3v) is 4.48. The second kappa shape index (κ2) is 6.31. The average molecular weight is 284 g/mol. The van der Waals surface area contributed by atoms with Crippen molar-refractivity contribution in [2.75, 3.05) is 33.9 Å². The SMILES string of the molecule is CC(C)OC[C@]12CCCN1[C@H](COC(=O)N(C)C)CC2. The van der Waals surface area contributed by atoms with Gasteiger partial charge < -0.3 is 14.4 Å². The second-order valence-corrected chi connectivity index (χ2v) is 6.54. The minimum atomic E-state index is -0.250. The molecular formula is C15H28N2O3. The number of hydrogen-bond donors (Lipinski definition) is 0. The third-order valence-electron chi connectivity index (χ3n) is 4.48. The largest absolute Gasteiger partial charge is 0.448 e. The molecule has 0 aromatic rings. The highest BCUT2D eigenvalue weighted by molar-refractivity contribution is 5.66. The van der Waals surface area contributed by atoms with Gasteiger partial charge in [0.25, 0.3) is 0 Å². The Bertz CT molecular complexity index is 346. The molecule has 5 nitrogen and oxygen atoms in total. The van der Waals surface area contributed by atoms with Crippen LogP contribution in [-0.2, 0) is 9.47 Å². The van der Waals surface area contributed by atoms with Gasteiger partial charge in [-0.15, -0.1) is 0 Å². The quantitative estimate of drug-likeness (QED) is 0.775. The van der Waals surface area contributed by atoms with Gasteiger partial charge in [0.2, 0.25) is 0 Å². The van der Waals surface area contributed by atoms with Crippen LogP contribution in [0.2, 0.25) is 0 Å². The molecule has 2 aliphatic rings. The predicted octanol–water partition coefficient (Wildman–Crippen LogP) is 2.11. The van der Waals surface area contributed by atoms with Crippen LogP contribution >= 0.6 is 0 Å². The fourth-order valence-electron chi connectivity index (χ4n) is 3.41. The summed E-state index contributed by atoms with van der Waals surface area (Å²) in [4.78, 5) is 15.6. The van der Waals surface area contributed by atoms with Gasteiger partial charge in [0, 0.05) is 25.7 Å². The van der Waals surface area contributed by atoms with Gasteiger partial charge in [-0.2, -0.15) is 0 Å². The summed E-state index contributed by atoms with van der Waals surface area (Å²) in [6.07, 6.45) is 4.71. The molecule has 0 N–H and O–H groups in total. The van der Waals surface area contributed by atoms with Crippen LogP contribution in [0.4, 0.5) is 4.79 Å². The maximum atomic E-state index is 11.5. The highest BCUT2D eigenvalue weighted by Crippen LogP contribution is 2.42. The molecule has 0 aromatic heterocycles. The van der Waals surface area contributed by atoms with Gasteiger partial charge in [-0.25, -0.2) is 4.79 Å². The zero-order valence-corrected chi connectivity index (χ0v) is 13.2. The topological polar surface area (TPSA) is 42.0 Å². The van der Waals surface area contributed by atoms with Gasteiger partial charge >= 0.3 is 6.09 Å². The highest BCUT2D eigenvalue weighted by atomic mass is 16.6. The van der Waals surface area contributed by atoms with Crippen LogP contribution in [0.15, 0.2) is 0 Å².